The average molecular weight is 556 g/mol. The Morgan fingerprint density at radius 3 is 2.56 bits per heavy atom. The molecule has 0 aliphatic carbocycles. The van der Waals surface area contributed by atoms with Gasteiger partial charge in [-0.15, -0.1) is 24.0 Å². The van der Waals surface area contributed by atoms with Crippen molar-refractivity contribution >= 4 is 29.9 Å². The van der Waals surface area contributed by atoms with E-state index in [0.29, 0.717) is 12.1 Å². The SMILES string of the molecule is CCNC(=NCC1(NC(C)c2ccccc2)CCOCC1)N1CCC(N2CCCC2)C1.I. The predicted molar refractivity (Wildman–Crippen MR) is 143 cm³/mol. The summed E-state index contributed by atoms with van der Waals surface area (Å²) in [5, 5.41) is 7.52. The fourth-order valence-electron chi connectivity index (χ4n) is 5.39. The third-order valence-electron chi connectivity index (χ3n) is 7.26. The molecule has 3 aliphatic rings. The van der Waals surface area contributed by atoms with E-state index in [2.05, 4.69) is 64.6 Å². The van der Waals surface area contributed by atoms with Crippen LogP contribution in [-0.4, -0.2) is 79.8 Å². The highest BCUT2D eigenvalue weighted by Crippen LogP contribution is 2.26. The number of nitrogens with one attached hydrogen (secondary N) is 2. The van der Waals surface area contributed by atoms with Crippen molar-refractivity contribution in [2.75, 3.05) is 52.5 Å². The van der Waals surface area contributed by atoms with Crippen LogP contribution >= 0.6 is 24.0 Å². The smallest absolute Gasteiger partial charge is 0.194 e. The second-order valence-electron chi connectivity index (χ2n) is 9.47. The Morgan fingerprint density at radius 1 is 1.16 bits per heavy atom. The zero-order chi connectivity index (χ0) is 21.5. The molecular formula is C25H42IN5O. The molecule has 0 radical (unpaired) electrons. The van der Waals surface area contributed by atoms with Gasteiger partial charge in [0.2, 0.25) is 0 Å². The summed E-state index contributed by atoms with van der Waals surface area (Å²) in [6.07, 6.45) is 5.99. The zero-order valence-corrected chi connectivity index (χ0v) is 22.2. The van der Waals surface area contributed by atoms with E-state index < -0.39 is 0 Å². The summed E-state index contributed by atoms with van der Waals surface area (Å²) in [4.78, 5) is 10.4. The van der Waals surface area contributed by atoms with E-state index in [4.69, 9.17) is 9.73 Å². The maximum atomic E-state index is 5.72. The first-order chi connectivity index (χ1) is 15.2. The summed E-state index contributed by atoms with van der Waals surface area (Å²) >= 11 is 0. The molecule has 4 rings (SSSR count). The van der Waals surface area contributed by atoms with Crippen molar-refractivity contribution in [2.24, 2.45) is 4.99 Å². The van der Waals surface area contributed by atoms with Crippen LogP contribution in [0, 0.1) is 0 Å². The van der Waals surface area contributed by atoms with Gasteiger partial charge < -0.3 is 20.3 Å². The molecule has 0 bridgehead atoms. The first-order valence-corrected chi connectivity index (χ1v) is 12.4. The van der Waals surface area contributed by atoms with Crippen LogP contribution in [0.4, 0.5) is 0 Å². The molecule has 3 saturated heterocycles. The quantitative estimate of drug-likeness (QED) is 0.306. The largest absolute Gasteiger partial charge is 0.381 e. The standard InChI is InChI=1S/C25H41N5O.HI/c1-3-26-24(30-16-11-23(19-30)29-14-7-8-15-29)27-20-25(12-17-31-18-13-25)28-21(2)22-9-5-4-6-10-22;/h4-6,9-10,21,23,28H,3,7-8,11-20H2,1-2H3,(H,26,27);1H. The normalized spacial score (nSPS) is 24.9. The molecule has 0 saturated carbocycles. The van der Waals surface area contributed by atoms with Crippen molar-refractivity contribution in [2.45, 2.75) is 63.6 Å². The molecule has 180 valence electrons. The lowest BCUT2D eigenvalue weighted by atomic mass is 9.88. The highest BCUT2D eigenvalue weighted by molar-refractivity contribution is 14.0. The van der Waals surface area contributed by atoms with E-state index in [0.717, 1.165) is 58.2 Å². The van der Waals surface area contributed by atoms with Crippen LogP contribution in [0.5, 0.6) is 0 Å². The maximum absolute atomic E-state index is 5.72. The lowest BCUT2D eigenvalue weighted by Crippen LogP contribution is -2.53. The molecule has 32 heavy (non-hydrogen) atoms. The first-order valence-electron chi connectivity index (χ1n) is 12.4. The Bertz CT molecular complexity index is 704. The van der Waals surface area contributed by atoms with Gasteiger partial charge in [0, 0.05) is 50.5 Å². The molecule has 7 heteroatoms. The van der Waals surface area contributed by atoms with Crippen LogP contribution in [-0.2, 0) is 4.74 Å². The first kappa shape index (κ1) is 25.7. The molecular weight excluding hydrogens is 513 g/mol. The Hall–Kier alpha value is -0.900. The van der Waals surface area contributed by atoms with Gasteiger partial charge in [0.05, 0.1) is 6.54 Å². The second kappa shape index (κ2) is 12.5. The van der Waals surface area contributed by atoms with E-state index >= 15 is 0 Å². The van der Waals surface area contributed by atoms with Crippen molar-refractivity contribution in [3.05, 3.63) is 35.9 Å². The molecule has 1 aromatic rings. The minimum Gasteiger partial charge on any atom is -0.381 e. The van der Waals surface area contributed by atoms with E-state index in [-0.39, 0.29) is 29.5 Å². The number of hydrogen-bond acceptors (Lipinski definition) is 4. The van der Waals surface area contributed by atoms with E-state index in [1.807, 2.05) is 0 Å². The van der Waals surface area contributed by atoms with Crippen LogP contribution in [0.15, 0.2) is 35.3 Å². The van der Waals surface area contributed by atoms with Gasteiger partial charge in [-0.2, -0.15) is 0 Å². The number of rotatable bonds is 7. The number of nitrogens with zero attached hydrogens (tertiary/aromatic N) is 3. The second-order valence-corrected chi connectivity index (χ2v) is 9.47. The molecule has 2 unspecified atom stereocenters. The number of benzene rings is 1. The third kappa shape index (κ3) is 6.58. The molecule has 3 fully saturated rings. The molecule has 0 amide bonds. The van der Waals surface area contributed by atoms with Crippen LogP contribution < -0.4 is 10.6 Å². The number of ether oxygens (including phenoxy) is 1. The van der Waals surface area contributed by atoms with Crippen molar-refractivity contribution in [1.82, 2.24) is 20.4 Å². The van der Waals surface area contributed by atoms with Crippen LogP contribution in [0.2, 0.25) is 0 Å². The van der Waals surface area contributed by atoms with Crippen LogP contribution in [0.1, 0.15) is 57.6 Å². The molecule has 0 spiro atoms. The topological polar surface area (TPSA) is 52.1 Å². The van der Waals surface area contributed by atoms with Gasteiger partial charge in [-0.1, -0.05) is 30.3 Å². The average Bonchev–Trinajstić information content (AvgIpc) is 3.50. The number of aliphatic imine (C=N–C) groups is 1. The van der Waals surface area contributed by atoms with Gasteiger partial charge in [-0.05, 0) is 64.6 Å². The summed E-state index contributed by atoms with van der Waals surface area (Å²) in [6, 6.07) is 11.7. The van der Waals surface area contributed by atoms with Crippen LogP contribution in [0.25, 0.3) is 0 Å². The summed E-state index contributed by atoms with van der Waals surface area (Å²) in [7, 11) is 0. The Balaban J connectivity index is 0.00000289. The molecule has 2 atom stereocenters. The molecule has 1 aromatic carbocycles. The van der Waals surface area contributed by atoms with Gasteiger partial charge in [-0.3, -0.25) is 9.89 Å². The summed E-state index contributed by atoms with van der Waals surface area (Å²) in [6.45, 7) is 12.5. The van der Waals surface area contributed by atoms with Gasteiger partial charge >= 0.3 is 0 Å². The van der Waals surface area contributed by atoms with E-state index in [9.17, 15) is 0 Å². The van der Waals surface area contributed by atoms with Crippen molar-refractivity contribution < 1.29 is 4.74 Å². The van der Waals surface area contributed by atoms with E-state index in [1.165, 1.54) is 37.9 Å². The molecule has 3 heterocycles. The lowest BCUT2D eigenvalue weighted by Gasteiger charge is -2.40. The molecule has 6 nitrogen and oxygen atoms in total. The van der Waals surface area contributed by atoms with Crippen molar-refractivity contribution in [1.29, 1.82) is 0 Å². The van der Waals surface area contributed by atoms with Gasteiger partial charge in [0.15, 0.2) is 5.96 Å². The van der Waals surface area contributed by atoms with Crippen molar-refractivity contribution in [3.63, 3.8) is 0 Å². The maximum Gasteiger partial charge on any atom is 0.194 e. The fraction of sp³-hybridized carbons (Fsp3) is 0.720. The van der Waals surface area contributed by atoms with Crippen molar-refractivity contribution in [3.8, 4) is 0 Å². The summed E-state index contributed by atoms with van der Waals surface area (Å²) < 4.78 is 5.72. The number of guanidine groups is 1. The highest BCUT2D eigenvalue weighted by atomic mass is 127. The Labute approximate surface area is 211 Å². The molecule has 3 aliphatic heterocycles. The highest BCUT2D eigenvalue weighted by Gasteiger charge is 2.35. The summed E-state index contributed by atoms with van der Waals surface area (Å²) in [5.41, 5.74) is 1.32. The minimum atomic E-state index is -0.0116. The van der Waals surface area contributed by atoms with Gasteiger partial charge in [0.25, 0.3) is 0 Å². The lowest BCUT2D eigenvalue weighted by molar-refractivity contribution is 0.0373. The summed E-state index contributed by atoms with van der Waals surface area (Å²) in [5.74, 6) is 1.09. The molecule has 0 aromatic heterocycles. The molecule has 2 N–H and O–H groups in total. The monoisotopic (exact) mass is 555 g/mol. The van der Waals surface area contributed by atoms with Gasteiger partial charge in [0.1, 0.15) is 0 Å². The predicted octanol–water partition coefficient (Wildman–Crippen LogP) is 3.64. The number of halogens is 1. The van der Waals surface area contributed by atoms with E-state index in [1.54, 1.807) is 0 Å². The zero-order valence-electron chi connectivity index (χ0n) is 19.9. The van der Waals surface area contributed by atoms with Gasteiger partial charge in [-0.25, -0.2) is 0 Å². The Morgan fingerprint density at radius 2 is 1.88 bits per heavy atom. The third-order valence-corrected chi connectivity index (χ3v) is 7.26. The van der Waals surface area contributed by atoms with Crippen LogP contribution in [0.3, 0.4) is 0 Å². The fourth-order valence-corrected chi connectivity index (χ4v) is 5.39. The Kier molecular flexibility index (Phi) is 10.1. The number of likely N-dealkylation sites (tertiary alicyclic amines) is 2. The number of hydrogen-bond donors (Lipinski definition) is 2. The minimum absolute atomic E-state index is 0.